The van der Waals surface area contributed by atoms with E-state index in [1.807, 2.05) is 41.9 Å². The van der Waals surface area contributed by atoms with Crippen LogP contribution in [0, 0.1) is 18.6 Å². The van der Waals surface area contributed by atoms with Crippen molar-refractivity contribution in [3.05, 3.63) is 89.8 Å². The van der Waals surface area contributed by atoms with Gasteiger partial charge in [-0.15, -0.1) is 0 Å². The van der Waals surface area contributed by atoms with Gasteiger partial charge >= 0.3 is 0 Å². The van der Waals surface area contributed by atoms with Crippen LogP contribution in [0.15, 0.2) is 67.0 Å². The minimum atomic E-state index is -1.06. The summed E-state index contributed by atoms with van der Waals surface area (Å²) in [5.74, 6) is -2.57. The van der Waals surface area contributed by atoms with E-state index in [9.17, 15) is 13.6 Å². The van der Waals surface area contributed by atoms with Crippen LogP contribution >= 0.6 is 0 Å². The number of hydrogen-bond acceptors (Lipinski definition) is 2. The first kappa shape index (κ1) is 16.9. The van der Waals surface area contributed by atoms with Crippen LogP contribution in [0.25, 0.3) is 16.9 Å². The molecule has 2 aromatic carbocycles. The third-order valence-corrected chi connectivity index (χ3v) is 4.21. The van der Waals surface area contributed by atoms with Crippen LogP contribution in [0.2, 0.25) is 0 Å². The fraction of sp³-hybridized carbons (Fsp3) is 0.0476. The number of halogens is 2. The van der Waals surface area contributed by atoms with Gasteiger partial charge in [-0.3, -0.25) is 4.79 Å². The van der Waals surface area contributed by atoms with E-state index >= 15 is 0 Å². The molecule has 0 unspecified atom stereocenters. The number of fused-ring (bicyclic) bond motifs is 1. The van der Waals surface area contributed by atoms with Crippen molar-refractivity contribution in [2.24, 2.45) is 0 Å². The lowest BCUT2D eigenvalue weighted by Crippen LogP contribution is -2.12. The number of aromatic nitrogens is 2. The van der Waals surface area contributed by atoms with Gasteiger partial charge in [0.1, 0.15) is 5.65 Å². The molecule has 134 valence electrons. The number of nitrogens with one attached hydrogen (secondary N) is 1. The molecule has 0 aliphatic heterocycles. The third kappa shape index (κ3) is 3.42. The summed E-state index contributed by atoms with van der Waals surface area (Å²) in [6, 6.07) is 14.2. The summed E-state index contributed by atoms with van der Waals surface area (Å²) >= 11 is 0. The second-order valence-corrected chi connectivity index (χ2v) is 6.26. The smallest absolute Gasteiger partial charge is 0.255 e. The Morgan fingerprint density at radius 2 is 1.89 bits per heavy atom. The summed E-state index contributed by atoms with van der Waals surface area (Å²) in [4.78, 5) is 16.9. The van der Waals surface area contributed by atoms with Gasteiger partial charge in [-0.25, -0.2) is 13.8 Å². The maximum atomic E-state index is 13.3. The Bertz CT molecular complexity index is 1170. The largest absolute Gasteiger partial charge is 0.322 e. The molecule has 0 fully saturated rings. The highest BCUT2D eigenvalue weighted by atomic mass is 19.2. The maximum absolute atomic E-state index is 13.3. The van der Waals surface area contributed by atoms with Gasteiger partial charge in [0.15, 0.2) is 11.6 Å². The van der Waals surface area contributed by atoms with Crippen molar-refractivity contribution < 1.29 is 13.6 Å². The normalized spacial score (nSPS) is 10.9. The van der Waals surface area contributed by atoms with E-state index in [2.05, 4.69) is 10.3 Å². The van der Waals surface area contributed by atoms with Gasteiger partial charge in [-0.2, -0.15) is 0 Å². The lowest BCUT2D eigenvalue weighted by Gasteiger charge is -2.07. The van der Waals surface area contributed by atoms with E-state index in [0.717, 1.165) is 34.6 Å². The molecule has 27 heavy (non-hydrogen) atoms. The summed E-state index contributed by atoms with van der Waals surface area (Å²) in [5.41, 5.74) is 4.13. The number of carbonyl (C=O) groups is 1. The number of pyridine rings is 1. The van der Waals surface area contributed by atoms with Crippen LogP contribution in [0.1, 0.15) is 15.9 Å². The van der Waals surface area contributed by atoms with Crippen molar-refractivity contribution >= 4 is 17.2 Å². The lowest BCUT2D eigenvalue weighted by molar-refractivity contribution is 0.102. The van der Waals surface area contributed by atoms with E-state index in [1.54, 1.807) is 18.2 Å². The maximum Gasteiger partial charge on any atom is 0.255 e. The van der Waals surface area contributed by atoms with Crippen LogP contribution < -0.4 is 5.32 Å². The monoisotopic (exact) mass is 363 g/mol. The topological polar surface area (TPSA) is 46.4 Å². The van der Waals surface area contributed by atoms with Crippen molar-refractivity contribution in [3.8, 4) is 11.3 Å². The molecule has 0 atom stereocenters. The van der Waals surface area contributed by atoms with Gasteiger partial charge in [0.2, 0.25) is 0 Å². The Hall–Kier alpha value is -3.54. The van der Waals surface area contributed by atoms with Gasteiger partial charge in [-0.05, 0) is 55.0 Å². The highest BCUT2D eigenvalue weighted by molar-refractivity contribution is 6.04. The molecule has 0 spiro atoms. The average Bonchev–Trinajstić information content (AvgIpc) is 3.07. The molecule has 0 saturated heterocycles. The summed E-state index contributed by atoms with van der Waals surface area (Å²) in [7, 11) is 0. The summed E-state index contributed by atoms with van der Waals surface area (Å²) in [6.07, 6.45) is 3.85. The molecule has 0 aliphatic carbocycles. The van der Waals surface area contributed by atoms with E-state index in [-0.39, 0.29) is 5.56 Å². The third-order valence-electron chi connectivity index (χ3n) is 4.21. The molecule has 4 nitrogen and oxygen atoms in total. The Labute approximate surface area is 154 Å². The molecule has 2 aromatic heterocycles. The van der Waals surface area contributed by atoms with Crippen LogP contribution in [-0.2, 0) is 0 Å². The molecule has 0 aliphatic rings. The number of imidazole rings is 1. The molecule has 6 heteroatoms. The van der Waals surface area contributed by atoms with Gasteiger partial charge in [0.25, 0.3) is 5.91 Å². The predicted octanol–water partition coefficient (Wildman–Crippen LogP) is 4.84. The number of amides is 1. The SMILES string of the molecule is Cc1ccn2cc(-c3cccc(NC(=O)c4ccc(F)c(F)c4)c3)nc2c1. The second kappa shape index (κ2) is 6.64. The lowest BCUT2D eigenvalue weighted by atomic mass is 10.1. The first-order chi connectivity index (χ1) is 13.0. The minimum absolute atomic E-state index is 0.0440. The van der Waals surface area contributed by atoms with Crippen molar-refractivity contribution in [1.29, 1.82) is 0 Å². The molecule has 1 amide bonds. The minimum Gasteiger partial charge on any atom is -0.322 e. The summed E-state index contributed by atoms with van der Waals surface area (Å²) in [6.45, 7) is 2.00. The van der Waals surface area contributed by atoms with Crippen molar-refractivity contribution in [1.82, 2.24) is 9.38 Å². The fourth-order valence-corrected chi connectivity index (χ4v) is 2.82. The van der Waals surface area contributed by atoms with E-state index in [0.29, 0.717) is 5.69 Å². The second-order valence-electron chi connectivity index (χ2n) is 6.26. The molecule has 4 aromatic rings. The standard InChI is InChI=1S/C21H15F2N3O/c1-13-7-8-26-12-19(25-20(26)9-13)14-3-2-4-16(10-14)24-21(27)15-5-6-17(22)18(23)11-15/h2-12H,1H3,(H,24,27). The van der Waals surface area contributed by atoms with Crippen LogP contribution in [0.5, 0.6) is 0 Å². The molecular formula is C21H15F2N3O. The van der Waals surface area contributed by atoms with E-state index in [1.165, 1.54) is 6.07 Å². The number of rotatable bonds is 3. The zero-order chi connectivity index (χ0) is 19.0. The molecule has 4 rings (SSSR count). The average molecular weight is 363 g/mol. The summed E-state index contributed by atoms with van der Waals surface area (Å²) < 4.78 is 28.3. The summed E-state index contributed by atoms with van der Waals surface area (Å²) in [5, 5.41) is 2.70. The van der Waals surface area contributed by atoms with Crippen LogP contribution in [-0.4, -0.2) is 15.3 Å². The van der Waals surface area contributed by atoms with E-state index < -0.39 is 17.5 Å². The molecule has 0 bridgehead atoms. The van der Waals surface area contributed by atoms with Crippen LogP contribution in [0.4, 0.5) is 14.5 Å². The highest BCUT2D eigenvalue weighted by Gasteiger charge is 2.11. The Kier molecular flexibility index (Phi) is 4.16. The Balaban J connectivity index is 1.61. The number of benzene rings is 2. The molecule has 0 saturated carbocycles. The zero-order valence-electron chi connectivity index (χ0n) is 14.4. The predicted molar refractivity (Wildman–Crippen MR) is 99.7 cm³/mol. The van der Waals surface area contributed by atoms with E-state index in [4.69, 9.17) is 0 Å². The number of hydrogen-bond donors (Lipinski definition) is 1. The quantitative estimate of drug-likeness (QED) is 0.566. The van der Waals surface area contributed by atoms with Crippen molar-refractivity contribution in [3.63, 3.8) is 0 Å². The zero-order valence-corrected chi connectivity index (χ0v) is 14.4. The van der Waals surface area contributed by atoms with Crippen molar-refractivity contribution in [2.75, 3.05) is 5.32 Å². The first-order valence-corrected chi connectivity index (χ1v) is 8.32. The van der Waals surface area contributed by atoms with Gasteiger partial charge in [-0.1, -0.05) is 12.1 Å². The Morgan fingerprint density at radius 1 is 1.04 bits per heavy atom. The first-order valence-electron chi connectivity index (χ1n) is 8.32. The molecule has 0 radical (unpaired) electrons. The Morgan fingerprint density at radius 3 is 2.70 bits per heavy atom. The fourth-order valence-electron chi connectivity index (χ4n) is 2.82. The number of carbonyl (C=O) groups excluding carboxylic acids is 1. The van der Waals surface area contributed by atoms with Crippen LogP contribution in [0.3, 0.4) is 0 Å². The van der Waals surface area contributed by atoms with Gasteiger partial charge < -0.3 is 9.72 Å². The van der Waals surface area contributed by atoms with Gasteiger partial charge in [0, 0.05) is 29.2 Å². The molecular weight excluding hydrogens is 348 g/mol. The van der Waals surface area contributed by atoms with Crippen molar-refractivity contribution in [2.45, 2.75) is 6.92 Å². The highest BCUT2D eigenvalue weighted by Crippen LogP contribution is 2.23. The number of anilines is 1. The molecule has 1 N–H and O–H groups in total. The molecule has 2 heterocycles. The van der Waals surface area contributed by atoms with Gasteiger partial charge in [0.05, 0.1) is 5.69 Å². The number of nitrogens with zero attached hydrogens (tertiary/aromatic N) is 2. The number of aryl methyl sites for hydroxylation is 1.